The number of carbonyl (C=O) groups is 1. The molecular formula is C12H12Cl2IN3OS. The Morgan fingerprint density at radius 1 is 1.40 bits per heavy atom. The molecule has 1 amide bonds. The molecule has 0 saturated carbocycles. The minimum atomic E-state index is -0.325. The number of nitrogens with zero attached hydrogens (tertiary/aromatic N) is 2. The molecule has 0 bridgehead atoms. The first-order valence-electron chi connectivity index (χ1n) is 5.55. The number of hydrogen-bond acceptors (Lipinski definition) is 3. The summed E-state index contributed by atoms with van der Waals surface area (Å²) in [7, 11) is 1.93. The van der Waals surface area contributed by atoms with E-state index in [1.54, 1.807) is 0 Å². The third kappa shape index (κ3) is 4.03. The SMILES string of the molecule is CC(NC(=O)c1nsc(Cl)c1Cl)c1cc[n+](C)cc1.[I-]. The molecule has 108 valence electrons. The van der Waals surface area contributed by atoms with Crippen molar-refractivity contribution < 1.29 is 33.3 Å². The maximum atomic E-state index is 12.0. The molecule has 0 fully saturated rings. The first-order chi connectivity index (χ1) is 8.99. The zero-order chi connectivity index (χ0) is 14.0. The summed E-state index contributed by atoms with van der Waals surface area (Å²) in [5.74, 6) is -0.325. The van der Waals surface area contributed by atoms with Crippen LogP contribution in [0.25, 0.3) is 0 Å². The molecule has 0 aromatic carbocycles. The van der Waals surface area contributed by atoms with Gasteiger partial charge in [0.25, 0.3) is 5.91 Å². The fourth-order valence-electron chi connectivity index (χ4n) is 1.55. The van der Waals surface area contributed by atoms with Crippen LogP contribution in [0.1, 0.15) is 29.0 Å². The van der Waals surface area contributed by atoms with E-state index in [9.17, 15) is 4.79 Å². The van der Waals surface area contributed by atoms with E-state index in [0.717, 1.165) is 17.1 Å². The van der Waals surface area contributed by atoms with E-state index in [-0.39, 0.29) is 46.6 Å². The van der Waals surface area contributed by atoms with E-state index >= 15 is 0 Å². The highest BCUT2D eigenvalue weighted by Gasteiger charge is 2.19. The lowest BCUT2D eigenvalue weighted by Gasteiger charge is -2.12. The van der Waals surface area contributed by atoms with Crippen molar-refractivity contribution in [3.63, 3.8) is 0 Å². The lowest BCUT2D eigenvalue weighted by Crippen LogP contribution is -3.00. The molecular weight excluding hydrogens is 432 g/mol. The molecule has 0 aliphatic carbocycles. The van der Waals surface area contributed by atoms with Gasteiger partial charge < -0.3 is 29.3 Å². The van der Waals surface area contributed by atoms with E-state index in [4.69, 9.17) is 23.2 Å². The van der Waals surface area contributed by atoms with Gasteiger partial charge in [-0.25, -0.2) is 4.57 Å². The lowest BCUT2D eigenvalue weighted by molar-refractivity contribution is -0.671. The van der Waals surface area contributed by atoms with Gasteiger partial charge in [0.1, 0.15) is 16.4 Å². The van der Waals surface area contributed by atoms with Crippen molar-refractivity contribution in [2.24, 2.45) is 7.05 Å². The van der Waals surface area contributed by atoms with Crippen molar-refractivity contribution >= 4 is 40.6 Å². The first-order valence-corrected chi connectivity index (χ1v) is 7.08. The van der Waals surface area contributed by atoms with Crippen LogP contribution in [0.2, 0.25) is 9.36 Å². The van der Waals surface area contributed by atoms with Crippen LogP contribution in [0.4, 0.5) is 0 Å². The number of carbonyl (C=O) groups excluding carboxylic acids is 1. The molecule has 2 rings (SSSR count). The molecule has 8 heteroatoms. The molecule has 2 heterocycles. The first kappa shape index (κ1) is 17.6. The summed E-state index contributed by atoms with van der Waals surface area (Å²) in [5, 5.41) is 3.04. The summed E-state index contributed by atoms with van der Waals surface area (Å²) in [6, 6.07) is 3.76. The summed E-state index contributed by atoms with van der Waals surface area (Å²) in [6.07, 6.45) is 3.84. The topological polar surface area (TPSA) is 45.9 Å². The monoisotopic (exact) mass is 443 g/mol. The zero-order valence-corrected chi connectivity index (χ0v) is 15.2. The second-order valence-electron chi connectivity index (χ2n) is 4.11. The van der Waals surface area contributed by atoms with E-state index < -0.39 is 0 Å². The van der Waals surface area contributed by atoms with Gasteiger partial charge in [0, 0.05) is 12.1 Å². The molecule has 2 aromatic rings. The van der Waals surface area contributed by atoms with E-state index in [2.05, 4.69) is 9.69 Å². The quantitative estimate of drug-likeness (QED) is 0.526. The number of halogens is 3. The van der Waals surface area contributed by atoms with Crippen molar-refractivity contribution in [2.45, 2.75) is 13.0 Å². The van der Waals surface area contributed by atoms with Crippen LogP contribution < -0.4 is 33.9 Å². The largest absolute Gasteiger partial charge is 1.00 e. The lowest BCUT2D eigenvalue weighted by atomic mass is 10.1. The van der Waals surface area contributed by atoms with Crippen LogP contribution >= 0.6 is 34.7 Å². The van der Waals surface area contributed by atoms with Gasteiger partial charge in [0.05, 0.1) is 6.04 Å². The zero-order valence-electron chi connectivity index (χ0n) is 10.7. The predicted octanol–water partition coefficient (Wildman–Crippen LogP) is -0.231. The van der Waals surface area contributed by atoms with E-state index in [0.29, 0.717) is 4.34 Å². The van der Waals surface area contributed by atoms with Crippen molar-refractivity contribution in [3.8, 4) is 0 Å². The Morgan fingerprint density at radius 2 is 2.00 bits per heavy atom. The van der Waals surface area contributed by atoms with E-state index in [1.165, 1.54) is 0 Å². The molecule has 20 heavy (non-hydrogen) atoms. The molecule has 0 radical (unpaired) electrons. The highest BCUT2D eigenvalue weighted by Crippen LogP contribution is 2.29. The van der Waals surface area contributed by atoms with Crippen molar-refractivity contribution in [3.05, 3.63) is 45.1 Å². The fraction of sp³-hybridized carbons (Fsp3) is 0.250. The number of nitrogens with one attached hydrogen (secondary N) is 1. The van der Waals surface area contributed by atoms with Crippen LogP contribution in [0.5, 0.6) is 0 Å². The second-order valence-corrected chi connectivity index (χ2v) is 5.86. The minimum Gasteiger partial charge on any atom is -1.00 e. The average Bonchev–Trinajstić information content (AvgIpc) is 2.70. The molecule has 0 aliphatic rings. The smallest absolute Gasteiger partial charge is 0.273 e. The third-order valence-electron chi connectivity index (χ3n) is 2.66. The normalized spacial score (nSPS) is 11.6. The third-order valence-corrected chi connectivity index (χ3v) is 4.28. The van der Waals surface area contributed by atoms with Gasteiger partial charge >= 0.3 is 0 Å². The Bertz CT molecular complexity index is 603. The Kier molecular flexibility index (Phi) is 6.63. The number of pyridine rings is 1. The number of aryl methyl sites for hydroxylation is 1. The molecule has 4 nitrogen and oxygen atoms in total. The number of aromatic nitrogens is 2. The Labute approximate surface area is 148 Å². The maximum Gasteiger partial charge on any atom is 0.273 e. The number of hydrogen-bond donors (Lipinski definition) is 1. The van der Waals surface area contributed by atoms with Crippen molar-refractivity contribution in [2.75, 3.05) is 0 Å². The van der Waals surface area contributed by atoms with Gasteiger partial charge in [-0.15, -0.1) is 0 Å². The molecule has 0 aliphatic heterocycles. The summed E-state index contributed by atoms with van der Waals surface area (Å²) in [6.45, 7) is 1.90. The molecule has 1 N–H and O–H groups in total. The van der Waals surface area contributed by atoms with E-state index in [1.807, 2.05) is 43.1 Å². The fourth-order valence-corrected chi connectivity index (χ4v) is 2.55. The number of amides is 1. The summed E-state index contributed by atoms with van der Waals surface area (Å²) in [4.78, 5) is 12.0. The predicted molar refractivity (Wildman–Crippen MR) is 75.6 cm³/mol. The summed E-state index contributed by atoms with van der Waals surface area (Å²) < 4.78 is 6.19. The molecule has 1 atom stereocenters. The molecule has 0 spiro atoms. The molecule has 2 aromatic heterocycles. The minimum absolute atomic E-state index is 0. The second kappa shape index (κ2) is 7.53. The van der Waals surface area contributed by atoms with Gasteiger partial charge in [0.2, 0.25) is 0 Å². The van der Waals surface area contributed by atoms with Crippen LogP contribution in [-0.4, -0.2) is 10.3 Å². The van der Waals surface area contributed by atoms with Crippen LogP contribution in [0.15, 0.2) is 24.5 Å². The van der Waals surface area contributed by atoms with Gasteiger partial charge in [-0.05, 0) is 24.0 Å². The van der Waals surface area contributed by atoms with Crippen LogP contribution in [0.3, 0.4) is 0 Å². The maximum absolute atomic E-state index is 12.0. The molecule has 0 saturated heterocycles. The standard InChI is InChI=1S/C12H11Cl2N3OS.HI/c1-7(8-3-5-17(2)6-4-8)15-12(18)10-9(13)11(14)19-16-10;/h3-7H,1-2H3;1H. The highest BCUT2D eigenvalue weighted by molar-refractivity contribution is 7.11. The van der Waals surface area contributed by atoms with Gasteiger partial charge in [-0.1, -0.05) is 23.2 Å². The Balaban J connectivity index is 0.00000200. The van der Waals surface area contributed by atoms with Crippen LogP contribution in [-0.2, 0) is 7.05 Å². The van der Waals surface area contributed by atoms with Crippen molar-refractivity contribution in [1.82, 2.24) is 9.69 Å². The summed E-state index contributed by atoms with van der Waals surface area (Å²) >= 11 is 12.7. The van der Waals surface area contributed by atoms with Crippen LogP contribution in [0, 0.1) is 0 Å². The summed E-state index contributed by atoms with van der Waals surface area (Å²) in [5.41, 5.74) is 1.17. The number of rotatable bonds is 3. The Morgan fingerprint density at radius 3 is 2.50 bits per heavy atom. The van der Waals surface area contributed by atoms with Gasteiger partial charge in [-0.3, -0.25) is 4.79 Å². The Hall–Kier alpha value is -0.440. The van der Waals surface area contributed by atoms with Crippen molar-refractivity contribution in [1.29, 1.82) is 0 Å². The van der Waals surface area contributed by atoms with Gasteiger partial charge in [0.15, 0.2) is 18.1 Å². The average molecular weight is 444 g/mol. The molecule has 1 unspecified atom stereocenters. The van der Waals surface area contributed by atoms with Gasteiger partial charge in [-0.2, -0.15) is 4.37 Å². The highest BCUT2D eigenvalue weighted by atomic mass is 127.